The van der Waals surface area contributed by atoms with Gasteiger partial charge in [0.1, 0.15) is 5.76 Å². The lowest BCUT2D eigenvalue weighted by molar-refractivity contribution is 0.0735. The number of aryl methyl sites for hydroxylation is 1. The number of hydrogen-bond acceptors (Lipinski definition) is 7. The van der Waals surface area contributed by atoms with Gasteiger partial charge in [-0.3, -0.25) is 19.9 Å². The molecule has 0 spiro atoms. The SMILES string of the molecule is Cc1cc(C(=O)Nc2nc3c(s2)CN(C(=O)c2cccnc2)CC3)no1. The Balaban J connectivity index is 1.47. The number of fused-ring (bicyclic) bond motifs is 1. The third-order valence-corrected chi connectivity index (χ3v) is 5.01. The molecule has 1 aliphatic rings. The summed E-state index contributed by atoms with van der Waals surface area (Å²) in [6.07, 6.45) is 3.85. The molecule has 0 saturated carbocycles. The summed E-state index contributed by atoms with van der Waals surface area (Å²) >= 11 is 1.37. The van der Waals surface area contributed by atoms with Crippen LogP contribution < -0.4 is 5.32 Å². The van der Waals surface area contributed by atoms with Gasteiger partial charge in [0, 0.05) is 36.3 Å². The van der Waals surface area contributed by atoms with E-state index in [0.717, 1.165) is 10.6 Å². The molecule has 0 radical (unpaired) electrons. The van der Waals surface area contributed by atoms with Crippen LogP contribution in [-0.4, -0.2) is 38.4 Å². The van der Waals surface area contributed by atoms with Gasteiger partial charge in [-0.2, -0.15) is 0 Å². The van der Waals surface area contributed by atoms with Crippen LogP contribution in [0.5, 0.6) is 0 Å². The van der Waals surface area contributed by atoms with Crippen molar-refractivity contribution in [3.63, 3.8) is 0 Å². The molecular formula is C17H15N5O3S. The van der Waals surface area contributed by atoms with Gasteiger partial charge in [-0.1, -0.05) is 16.5 Å². The topological polar surface area (TPSA) is 101 Å². The van der Waals surface area contributed by atoms with Gasteiger partial charge in [0.25, 0.3) is 11.8 Å². The first-order chi connectivity index (χ1) is 12.6. The van der Waals surface area contributed by atoms with Gasteiger partial charge in [0.15, 0.2) is 10.8 Å². The minimum absolute atomic E-state index is 0.0548. The van der Waals surface area contributed by atoms with E-state index in [1.54, 1.807) is 42.4 Å². The van der Waals surface area contributed by atoms with Crippen LogP contribution in [-0.2, 0) is 13.0 Å². The van der Waals surface area contributed by atoms with Crippen molar-refractivity contribution in [3.05, 3.63) is 58.2 Å². The molecule has 0 saturated heterocycles. The molecular weight excluding hydrogens is 354 g/mol. The summed E-state index contributed by atoms with van der Waals surface area (Å²) < 4.78 is 4.91. The lowest BCUT2D eigenvalue weighted by Crippen LogP contribution is -2.35. The van der Waals surface area contributed by atoms with Gasteiger partial charge in [-0.05, 0) is 19.1 Å². The van der Waals surface area contributed by atoms with Crippen LogP contribution in [0.1, 0.15) is 37.2 Å². The van der Waals surface area contributed by atoms with Crippen molar-refractivity contribution >= 4 is 28.3 Å². The zero-order valence-corrected chi connectivity index (χ0v) is 14.7. The average molecular weight is 369 g/mol. The Morgan fingerprint density at radius 3 is 3.00 bits per heavy atom. The molecule has 0 unspecified atom stereocenters. The molecule has 4 rings (SSSR count). The van der Waals surface area contributed by atoms with E-state index in [-0.39, 0.29) is 17.5 Å². The number of rotatable bonds is 3. The van der Waals surface area contributed by atoms with Gasteiger partial charge >= 0.3 is 0 Å². The highest BCUT2D eigenvalue weighted by Crippen LogP contribution is 2.29. The number of thiazole rings is 1. The molecule has 132 valence electrons. The summed E-state index contributed by atoms with van der Waals surface area (Å²) in [6.45, 7) is 2.78. The standard InChI is InChI=1S/C17H15N5O3S/c1-10-7-13(21-25-10)15(23)20-17-19-12-4-6-22(9-14(12)26-17)16(24)11-3-2-5-18-8-11/h2-3,5,7-8H,4,6,9H2,1H3,(H,19,20,23). The number of aromatic nitrogens is 3. The summed E-state index contributed by atoms with van der Waals surface area (Å²) in [7, 11) is 0. The smallest absolute Gasteiger partial charge is 0.279 e. The molecule has 3 aromatic heterocycles. The fourth-order valence-corrected chi connectivity index (χ4v) is 3.75. The monoisotopic (exact) mass is 369 g/mol. The average Bonchev–Trinajstić information content (AvgIpc) is 3.26. The predicted molar refractivity (Wildman–Crippen MR) is 94.0 cm³/mol. The molecule has 0 fully saturated rings. The molecule has 3 aromatic rings. The van der Waals surface area contributed by atoms with Crippen LogP contribution in [0.25, 0.3) is 0 Å². The first kappa shape index (κ1) is 16.4. The Morgan fingerprint density at radius 1 is 1.38 bits per heavy atom. The maximum absolute atomic E-state index is 12.6. The minimum atomic E-state index is -0.365. The maximum Gasteiger partial charge on any atom is 0.279 e. The van der Waals surface area contributed by atoms with Crippen molar-refractivity contribution in [1.29, 1.82) is 0 Å². The number of nitrogens with zero attached hydrogens (tertiary/aromatic N) is 4. The predicted octanol–water partition coefficient (Wildman–Crippen LogP) is 2.29. The van der Waals surface area contributed by atoms with Crippen molar-refractivity contribution in [1.82, 2.24) is 20.0 Å². The van der Waals surface area contributed by atoms with Crippen molar-refractivity contribution in [2.45, 2.75) is 19.9 Å². The van der Waals surface area contributed by atoms with E-state index in [0.29, 0.717) is 36.0 Å². The Morgan fingerprint density at radius 2 is 2.27 bits per heavy atom. The molecule has 2 amide bonds. The molecule has 0 atom stereocenters. The van der Waals surface area contributed by atoms with Crippen molar-refractivity contribution < 1.29 is 14.1 Å². The van der Waals surface area contributed by atoms with E-state index in [1.807, 2.05) is 0 Å². The lowest BCUT2D eigenvalue weighted by atomic mass is 10.1. The number of hydrogen-bond donors (Lipinski definition) is 1. The normalized spacial score (nSPS) is 13.3. The Bertz CT molecular complexity index is 966. The largest absolute Gasteiger partial charge is 0.361 e. The van der Waals surface area contributed by atoms with Gasteiger partial charge < -0.3 is 9.42 Å². The van der Waals surface area contributed by atoms with E-state index < -0.39 is 0 Å². The first-order valence-corrected chi connectivity index (χ1v) is 8.84. The summed E-state index contributed by atoms with van der Waals surface area (Å²) in [5, 5.41) is 6.93. The highest BCUT2D eigenvalue weighted by Gasteiger charge is 2.25. The van der Waals surface area contributed by atoms with E-state index in [2.05, 4.69) is 20.4 Å². The van der Waals surface area contributed by atoms with E-state index in [4.69, 9.17) is 4.52 Å². The van der Waals surface area contributed by atoms with Crippen LogP contribution in [0.2, 0.25) is 0 Å². The van der Waals surface area contributed by atoms with Crippen molar-refractivity contribution in [3.8, 4) is 0 Å². The second kappa shape index (κ2) is 6.68. The van der Waals surface area contributed by atoms with Crippen molar-refractivity contribution in [2.75, 3.05) is 11.9 Å². The van der Waals surface area contributed by atoms with E-state index in [1.165, 1.54) is 11.3 Å². The highest BCUT2D eigenvalue weighted by molar-refractivity contribution is 7.15. The molecule has 9 heteroatoms. The molecule has 0 bridgehead atoms. The lowest BCUT2D eigenvalue weighted by Gasteiger charge is -2.25. The number of amides is 2. The molecule has 8 nitrogen and oxygen atoms in total. The Labute approximate surface area is 152 Å². The van der Waals surface area contributed by atoms with Gasteiger partial charge in [-0.15, -0.1) is 0 Å². The number of anilines is 1. The van der Waals surface area contributed by atoms with Crippen LogP contribution in [0.3, 0.4) is 0 Å². The zero-order valence-electron chi connectivity index (χ0n) is 13.9. The quantitative estimate of drug-likeness (QED) is 0.760. The van der Waals surface area contributed by atoms with Crippen LogP contribution in [0, 0.1) is 6.92 Å². The fraction of sp³-hybridized carbons (Fsp3) is 0.235. The zero-order chi connectivity index (χ0) is 18.1. The molecule has 0 aliphatic carbocycles. The van der Waals surface area contributed by atoms with Crippen molar-refractivity contribution in [2.24, 2.45) is 0 Å². The van der Waals surface area contributed by atoms with Gasteiger partial charge in [0.2, 0.25) is 0 Å². The van der Waals surface area contributed by atoms with E-state index in [9.17, 15) is 9.59 Å². The number of carbonyl (C=O) groups excluding carboxylic acids is 2. The number of nitrogens with one attached hydrogen (secondary N) is 1. The maximum atomic E-state index is 12.6. The molecule has 4 heterocycles. The van der Waals surface area contributed by atoms with Crippen LogP contribution in [0.15, 0.2) is 35.1 Å². The molecule has 26 heavy (non-hydrogen) atoms. The fourth-order valence-electron chi connectivity index (χ4n) is 2.73. The van der Waals surface area contributed by atoms with Gasteiger partial charge in [0.05, 0.1) is 17.8 Å². The third kappa shape index (κ3) is 3.21. The third-order valence-electron chi connectivity index (χ3n) is 4.01. The second-order valence-corrected chi connectivity index (χ2v) is 6.97. The Hall–Kier alpha value is -3.07. The molecule has 1 aliphatic heterocycles. The van der Waals surface area contributed by atoms with Crippen LogP contribution >= 0.6 is 11.3 Å². The highest BCUT2D eigenvalue weighted by atomic mass is 32.1. The summed E-state index contributed by atoms with van der Waals surface area (Å²) in [6, 6.07) is 5.06. The first-order valence-electron chi connectivity index (χ1n) is 8.02. The molecule has 0 aromatic carbocycles. The summed E-state index contributed by atoms with van der Waals surface area (Å²) in [5.74, 6) is 0.148. The molecule has 1 N–H and O–H groups in total. The second-order valence-electron chi connectivity index (χ2n) is 5.88. The summed E-state index contributed by atoms with van der Waals surface area (Å²) in [4.78, 5) is 35.9. The Kier molecular flexibility index (Phi) is 4.21. The number of pyridine rings is 1. The van der Waals surface area contributed by atoms with Crippen LogP contribution in [0.4, 0.5) is 5.13 Å². The van der Waals surface area contributed by atoms with Gasteiger partial charge in [-0.25, -0.2) is 4.98 Å². The number of carbonyl (C=O) groups is 2. The van der Waals surface area contributed by atoms with E-state index >= 15 is 0 Å². The summed E-state index contributed by atoms with van der Waals surface area (Å²) in [5.41, 5.74) is 1.69. The minimum Gasteiger partial charge on any atom is -0.361 e.